The molecule has 1 aliphatic heterocycles. The van der Waals surface area contributed by atoms with Crippen molar-refractivity contribution in [3.63, 3.8) is 0 Å². The van der Waals surface area contributed by atoms with E-state index in [0.29, 0.717) is 0 Å². The van der Waals surface area contributed by atoms with Crippen molar-refractivity contribution < 1.29 is 0 Å². The van der Waals surface area contributed by atoms with Crippen molar-refractivity contribution in [2.24, 2.45) is 12.0 Å². The molecule has 2 heterocycles. The summed E-state index contributed by atoms with van der Waals surface area (Å²) in [6.07, 6.45) is 1.81. The number of rotatable bonds is 6. The van der Waals surface area contributed by atoms with Gasteiger partial charge in [0.15, 0.2) is 5.96 Å². The highest BCUT2D eigenvalue weighted by atomic mass is 15.3. The lowest BCUT2D eigenvalue weighted by Gasteiger charge is -2.34. The molecule has 0 atom stereocenters. The number of aromatic nitrogens is 2. The number of aryl methyl sites for hydroxylation is 1. The first-order chi connectivity index (χ1) is 10.7. The van der Waals surface area contributed by atoms with Gasteiger partial charge in [-0.05, 0) is 12.6 Å². The maximum absolute atomic E-state index is 4.26. The van der Waals surface area contributed by atoms with Gasteiger partial charge in [-0.3, -0.25) is 14.6 Å². The molecule has 22 heavy (non-hydrogen) atoms. The first-order valence-electron chi connectivity index (χ1n) is 8.09. The van der Waals surface area contributed by atoms with E-state index in [0.717, 1.165) is 50.9 Å². The van der Waals surface area contributed by atoms with Crippen LogP contribution in [0.1, 0.15) is 12.6 Å². The van der Waals surface area contributed by atoms with E-state index < -0.39 is 0 Å². The minimum absolute atomic E-state index is 0.728. The van der Waals surface area contributed by atoms with Gasteiger partial charge >= 0.3 is 0 Å². The number of piperazine rings is 1. The van der Waals surface area contributed by atoms with Crippen LogP contribution in [-0.4, -0.2) is 78.4 Å². The zero-order valence-electron chi connectivity index (χ0n) is 14.0. The van der Waals surface area contributed by atoms with E-state index in [2.05, 4.69) is 37.4 Å². The monoisotopic (exact) mass is 307 g/mol. The summed E-state index contributed by atoms with van der Waals surface area (Å²) >= 11 is 0. The molecule has 7 nitrogen and oxygen atoms in total. The number of nitrogens with zero attached hydrogens (tertiary/aromatic N) is 5. The number of hydrogen-bond acceptors (Lipinski definition) is 4. The van der Waals surface area contributed by atoms with Gasteiger partial charge in [-0.1, -0.05) is 6.92 Å². The average Bonchev–Trinajstić information content (AvgIpc) is 2.96. The quantitative estimate of drug-likeness (QED) is 0.559. The lowest BCUT2D eigenvalue weighted by Crippen LogP contribution is -2.49. The summed E-state index contributed by atoms with van der Waals surface area (Å²) in [4.78, 5) is 9.27. The minimum atomic E-state index is 0.728. The van der Waals surface area contributed by atoms with Gasteiger partial charge in [0, 0.05) is 59.6 Å². The normalized spacial score (nSPS) is 17.7. The number of aliphatic imine (C=N–C) groups is 1. The third-order valence-electron chi connectivity index (χ3n) is 4.22. The van der Waals surface area contributed by atoms with E-state index in [4.69, 9.17) is 0 Å². The van der Waals surface area contributed by atoms with Crippen LogP contribution in [0.2, 0.25) is 0 Å². The van der Waals surface area contributed by atoms with Crippen LogP contribution in [0, 0.1) is 0 Å². The van der Waals surface area contributed by atoms with Crippen molar-refractivity contribution in [1.29, 1.82) is 0 Å². The first kappa shape index (κ1) is 16.8. The highest BCUT2D eigenvalue weighted by Gasteiger charge is 2.14. The van der Waals surface area contributed by atoms with Crippen molar-refractivity contribution in [3.05, 3.63) is 18.0 Å². The standard InChI is InChI=1S/C15H29N7/c1-4-21-9-11-22(12-10-21)8-7-17-15(16-2)18-13-14-5-6-19-20(14)3/h5-6H,4,7-13H2,1-3H3,(H2,16,17,18). The van der Waals surface area contributed by atoms with Gasteiger partial charge in [-0.15, -0.1) is 0 Å². The van der Waals surface area contributed by atoms with Crippen LogP contribution in [0.4, 0.5) is 0 Å². The lowest BCUT2D eigenvalue weighted by molar-refractivity contribution is 0.139. The van der Waals surface area contributed by atoms with Crippen molar-refractivity contribution in [3.8, 4) is 0 Å². The van der Waals surface area contributed by atoms with Gasteiger partial charge in [0.05, 0.1) is 12.2 Å². The van der Waals surface area contributed by atoms with Gasteiger partial charge in [-0.25, -0.2) is 0 Å². The molecule has 0 amide bonds. The van der Waals surface area contributed by atoms with Gasteiger partial charge < -0.3 is 15.5 Å². The second-order valence-corrected chi connectivity index (χ2v) is 5.57. The Bertz CT molecular complexity index is 460. The summed E-state index contributed by atoms with van der Waals surface area (Å²) in [5.74, 6) is 0.841. The fraction of sp³-hybridized carbons (Fsp3) is 0.733. The van der Waals surface area contributed by atoms with Crippen LogP contribution in [0.5, 0.6) is 0 Å². The molecule has 2 N–H and O–H groups in total. The molecule has 0 bridgehead atoms. The van der Waals surface area contributed by atoms with Crippen molar-refractivity contribution in [1.82, 2.24) is 30.2 Å². The Balaban J connectivity index is 1.63. The molecule has 0 radical (unpaired) electrons. The second kappa shape index (κ2) is 8.75. The van der Waals surface area contributed by atoms with Gasteiger partial charge in [0.25, 0.3) is 0 Å². The lowest BCUT2D eigenvalue weighted by atomic mass is 10.3. The predicted molar refractivity (Wildman–Crippen MR) is 90.0 cm³/mol. The van der Waals surface area contributed by atoms with Gasteiger partial charge in [0.1, 0.15) is 0 Å². The summed E-state index contributed by atoms with van der Waals surface area (Å²) in [6.45, 7) is 10.8. The van der Waals surface area contributed by atoms with Crippen LogP contribution < -0.4 is 10.6 Å². The maximum Gasteiger partial charge on any atom is 0.191 e. The molecule has 0 aliphatic carbocycles. The molecule has 1 fully saturated rings. The Labute approximate surface area is 133 Å². The first-order valence-corrected chi connectivity index (χ1v) is 8.09. The molecule has 2 rings (SSSR count). The Morgan fingerprint density at radius 1 is 1.23 bits per heavy atom. The van der Waals surface area contributed by atoms with E-state index in [1.54, 1.807) is 7.05 Å². The summed E-state index contributed by atoms with van der Waals surface area (Å²) in [7, 11) is 3.75. The SMILES string of the molecule is CCN1CCN(CCNC(=NC)NCc2ccnn2C)CC1. The van der Waals surface area contributed by atoms with E-state index in [1.165, 1.54) is 13.1 Å². The van der Waals surface area contributed by atoms with Crippen LogP contribution in [-0.2, 0) is 13.6 Å². The Hall–Kier alpha value is -1.60. The third-order valence-corrected chi connectivity index (χ3v) is 4.22. The topological polar surface area (TPSA) is 60.7 Å². The highest BCUT2D eigenvalue weighted by molar-refractivity contribution is 5.79. The molecule has 0 saturated carbocycles. The van der Waals surface area contributed by atoms with Crippen LogP contribution in [0.25, 0.3) is 0 Å². The molecule has 1 aromatic heterocycles. The second-order valence-electron chi connectivity index (χ2n) is 5.57. The van der Waals surface area contributed by atoms with Gasteiger partial charge in [-0.2, -0.15) is 5.10 Å². The van der Waals surface area contributed by atoms with Crippen molar-refractivity contribution >= 4 is 5.96 Å². The van der Waals surface area contributed by atoms with E-state index in [9.17, 15) is 0 Å². The molecule has 7 heteroatoms. The molecular formula is C15H29N7. The summed E-state index contributed by atoms with van der Waals surface area (Å²) < 4.78 is 1.87. The molecule has 1 aromatic rings. The fourth-order valence-corrected chi connectivity index (χ4v) is 2.63. The molecule has 0 unspecified atom stereocenters. The molecule has 124 valence electrons. The van der Waals surface area contributed by atoms with Crippen molar-refractivity contribution in [2.75, 3.05) is 52.9 Å². The number of likely N-dealkylation sites (N-methyl/N-ethyl adjacent to an activating group) is 1. The third kappa shape index (κ3) is 4.99. The molecule has 0 spiro atoms. The minimum Gasteiger partial charge on any atom is -0.355 e. The summed E-state index contributed by atoms with van der Waals surface area (Å²) in [5.41, 5.74) is 1.14. The Morgan fingerprint density at radius 2 is 1.95 bits per heavy atom. The zero-order chi connectivity index (χ0) is 15.8. The van der Waals surface area contributed by atoms with Crippen LogP contribution >= 0.6 is 0 Å². The zero-order valence-corrected chi connectivity index (χ0v) is 14.0. The maximum atomic E-state index is 4.26. The summed E-state index contributed by atoms with van der Waals surface area (Å²) in [5, 5.41) is 10.9. The molecule has 0 aromatic carbocycles. The molecular weight excluding hydrogens is 278 g/mol. The van der Waals surface area contributed by atoms with E-state index >= 15 is 0 Å². The smallest absolute Gasteiger partial charge is 0.191 e. The Kier molecular flexibility index (Phi) is 6.67. The number of hydrogen-bond donors (Lipinski definition) is 2. The van der Waals surface area contributed by atoms with Gasteiger partial charge in [0.2, 0.25) is 0 Å². The molecule has 1 aliphatic rings. The largest absolute Gasteiger partial charge is 0.355 e. The highest BCUT2D eigenvalue weighted by Crippen LogP contribution is 2.00. The number of nitrogens with one attached hydrogen (secondary N) is 2. The van der Waals surface area contributed by atoms with E-state index in [1.807, 2.05) is 24.0 Å². The number of guanidine groups is 1. The fourth-order valence-electron chi connectivity index (χ4n) is 2.63. The van der Waals surface area contributed by atoms with Crippen molar-refractivity contribution in [2.45, 2.75) is 13.5 Å². The average molecular weight is 307 g/mol. The van der Waals surface area contributed by atoms with Crippen LogP contribution in [0.15, 0.2) is 17.3 Å². The predicted octanol–water partition coefficient (Wildman–Crippen LogP) is -0.277. The Morgan fingerprint density at radius 3 is 2.55 bits per heavy atom. The van der Waals surface area contributed by atoms with Crippen LogP contribution in [0.3, 0.4) is 0 Å². The molecule has 1 saturated heterocycles. The van der Waals surface area contributed by atoms with E-state index in [-0.39, 0.29) is 0 Å². The summed E-state index contributed by atoms with van der Waals surface area (Å²) in [6, 6.07) is 2.01.